The Labute approximate surface area is 214 Å². The molecule has 4 rings (SSSR count). The second kappa shape index (κ2) is 11.8. The van der Waals surface area contributed by atoms with Gasteiger partial charge in [-0.25, -0.2) is 10.2 Å². The summed E-state index contributed by atoms with van der Waals surface area (Å²) in [4.78, 5) is 24.6. The van der Waals surface area contributed by atoms with Gasteiger partial charge in [0.1, 0.15) is 11.5 Å². The molecule has 1 atom stereocenters. The van der Waals surface area contributed by atoms with Crippen LogP contribution in [-0.4, -0.2) is 24.2 Å². The molecule has 0 bridgehead atoms. The van der Waals surface area contributed by atoms with E-state index in [4.69, 9.17) is 21.1 Å². The van der Waals surface area contributed by atoms with Crippen LogP contribution in [0.1, 0.15) is 22.8 Å². The highest BCUT2D eigenvalue weighted by Crippen LogP contribution is 2.23. The molecule has 0 heterocycles. The van der Waals surface area contributed by atoms with Gasteiger partial charge in [0, 0.05) is 0 Å². The van der Waals surface area contributed by atoms with Crippen molar-refractivity contribution in [3.8, 4) is 22.6 Å². The van der Waals surface area contributed by atoms with Crippen LogP contribution < -0.4 is 14.9 Å². The average molecular weight is 499 g/mol. The first-order valence-electron chi connectivity index (χ1n) is 11.2. The van der Waals surface area contributed by atoms with Gasteiger partial charge in [-0.3, -0.25) is 4.79 Å². The fourth-order valence-corrected chi connectivity index (χ4v) is 3.50. The number of esters is 1. The third-order valence-electron chi connectivity index (χ3n) is 5.22. The van der Waals surface area contributed by atoms with Crippen molar-refractivity contribution in [2.45, 2.75) is 13.0 Å². The maximum atomic E-state index is 12.3. The normalized spacial score (nSPS) is 11.6. The molecule has 0 fully saturated rings. The molecule has 1 N–H and O–H groups in total. The number of carbonyl (C=O) groups excluding carboxylic acids is 2. The van der Waals surface area contributed by atoms with E-state index >= 15 is 0 Å². The fourth-order valence-electron chi connectivity index (χ4n) is 3.29. The van der Waals surface area contributed by atoms with Gasteiger partial charge in [0.15, 0.2) is 6.10 Å². The van der Waals surface area contributed by atoms with Crippen LogP contribution in [0.3, 0.4) is 0 Å². The zero-order chi connectivity index (χ0) is 25.3. The minimum atomic E-state index is -0.740. The van der Waals surface area contributed by atoms with Crippen LogP contribution in [0.25, 0.3) is 11.1 Å². The molecule has 0 aliphatic carbocycles. The second-order valence-electron chi connectivity index (χ2n) is 7.82. The van der Waals surface area contributed by atoms with Crippen molar-refractivity contribution >= 4 is 29.7 Å². The fraction of sp³-hybridized carbons (Fsp3) is 0.0690. The van der Waals surface area contributed by atoms with Gasteiger partial charge in [0.25, 0.3) is 5.91 Å². The average Bonchev–Trinajstić information content (AvgIpc) is 2.90. The predicted octanol–water partition coefficient (Wildman–Crippen LogP) is 6.14. The second-order valence-corrected chi connectivity index (χ2v) is 8.23. The summed E-state index contributed by atoms with van der Waals surface area (Å²) in [5.41, 5.74) is 5.63. The molecule has 36 heavy (non-hydrogen) atoms. The Morgan fingerprint density at radius 2 is 1.42 bits per heavy atom. The molecular weight excluding hydrogens is 476 g/mol. The van der Waals surface area contributed by atoms with Crippen LogP contribution in [0, 0.1) is 0 Å². The van der Waals surface area contributed by atoms with Crippen molar-refractivity contribution in [2.75, 3.05) is 0 Å². The van der Waals surface area contributed by atoms with E-state index in [1.54, 1.807) is 55.5 Å². The van der Waals surface area contributed by atoms with E-state index < -0.39 is 12.1 Å². The largest absolute Gasteiger partial charge is 0.481 e. The van der Waals surface area contributed by atoms with Gasteiger partial charge in [0.05, 0.1) is 16.8 Å². The van der Waals surface area contributed by atoms with Crippen molar-refractivity contribution < 1.29 is 19.1 Å². The lowest BCUT2D eigenvalue weighted by Crippen LogP contribution is -2.33. The maximum absolute atomic E-state index is 12.3. The summed E-state index contributed by atoms with van der Waals surface area (Å²) in [6, 6.07) is 30.9. The summed E-state index contributed by atoms with van der Waals surface area (Å²) in [6.07, 6.45) is 0.746. The lowest BCUT2D eigenvalue weighted by molar-refractivity contribution is -0.127. The SMILES string of the molecule is C[C@@H](Oc1ccc(-c2ccccc2)cc1)C(=O)N/N=C\c1ccc(OC(=O)c2ccccc2Cl)cc1. The first-order valence-corrected chi connectivity index (χ1v) is 11.6. The summed E-state index contributed by atoms with van der Waals surface area (Å²) in [5, 5.41) is 4.30. The lowest BCUT2D eigenvalue weighted by atomic mass is 10.1. The van der Waals surface area contributed by atoms with Gasteiger partial charge in [-0.05, 0) is 72.1 Å². The molecule has 0 spiro atoms. The number of benzene rings is 4. The molecule has 0 radical (unpaired) electrons. The smallest absolute Gasteiger partial charge is 0.345 e. The van der Waals surface area contributed by atoms with Crippen molar-refractivity contribution in [1.82, 2.24) is 5.43 Å². The predicted molar refractivity (Wildman–Crippen MR) is 141 cm³/mol. The number of hydrogen-bond donors (Lipinski definition) is 1. The molecule has 0 saturated heterocycles. The summed E-state index contributed by atoms with van der Waals surface area (Å²) in [7, 11) is 0. The minimum absolute atomic E-state index is 0.288. The van der Waals surface area contributed by atoms with Crippen molar-refractivity contribution in [1.29, 1.82) is 0 Å². The summed E-state index contributed by atoms with van der Waals surface area (Å²) < 4.78 is 11.1. The molecule has 0 unspecified atom stereocenters. The molecule has 6 nitrogen and oxygen atoms in total. The van der Waals surface area contributed by atoms with Crippen LogP contribution in [0.15, 0.2) is 108 Å². The van der Waals surface area contributed by atoms with E-state index in [-0.39, 0.29) is 11.5 Å². The molecule has 4 aromatic rings. The van der Waals surface area contributed by atoms with Gasteiger partial charge in [0.2, 0.25) is 0 Å². The Bertz CT molecular complexity index is 1350. The molecule has 0 aromatic heterocycles. The highest BCUT2D eigenvalue weighted by Gasteiger charge is 2.14. The van der Waals surface area contributed by atoms with E-state index in [0.717, 1.165) is 11.1 Å². The van der Waals surface area contributed by atoms with Crippen LogP contribution in [0.2, 0.25) is 5.02 Å². The van der Waals surface area contributed by atoms with Gasteiger partial charge in [-0.15, -0.1) is 0 Å². The number of hydrogen-bond acceptors (Lipinski definition) is 5. The molecule has 180 valence electrons. The van der Waals surface area contributed by atoms with E-state index in [2.05, 4.69) is 10.5 Å². The summed E-state index contributed by atoms with van der Waals surface area (Å²) in [5.74, 6) is 0.0197. The third-order valence-corrected chi connectivity index (χ3v) is 5.55. The zero-order valence-electron chi connectivity index (χ0n) is 19.4. The van der Waals surface area contributed by atoms with E-state index in [1.807, 2.05) is 54.6 Å². The molecule has 7 heteroatoms. The number of amides is 1. The van der Waals surface area contributed by atoms with Gasteiger partial charge in [-0.1, -0.05) is 66.2 Å². The summed E-state index contributed by atoms with van der Waals surface area (Å²) in [6.45, 7) is 1.65. The Kier molecular flexibility index (Phi) is 8.11. The van der Waals surface area contributed by atoms with Gasteiger partial charge < -0.3 is 9.47 Å². The topological polar surface area (TPSA) is 77.0 Å². The Balaban J connectivity index is 1.26. The number of nitrogens with one attached hydrogen (secondary N) is 1. The standard InChI is InChI=1S/C29H23ClN2O4/c1-20(35-24-17-13-23(14-18-24)22-7-3-2-4-8-22)28(33)32-31-19-21-11-15-25(16-12-21)36-29(34)26-9-5-6-10-27(26)30/h2-20H,1H3,(H,32,33)/b31-19-/t20-/m1/s1. The molecule has 0 saturated carbocycles. The number of ether oxygens (including phenoxy) is 2. The first kappa shape index (κ1) is 24.7. The van der Waals surface area contributed by atoms with Crippen molar-refractivity contribution in [2.24, 2.45) is 5.10 Å². The zero-order valence-corrected chi connectivity index (χ0v) is 20.2. The highest BCUT2D eigenvalue weighted by molar-refractivity contribution is 6.33. The number of halogens is 1. The Hall–Kier alpha value is -4.42. The Morgan fingerprint density at radius 3 is 2.11 bits per heavy atom. The number of hydrazone groups is 1. The molecule has 0 aliphatic heterocycles. The number of nitrogens with zero attached hydrogens (tertiary/aromatic N) is 1. The van der Waals surface area contributed by atoms with Gasteiger partial charge >= 0.3 is 5.97 Å². The minimum Gasteiger partial charge on any atom is -0.481 e. The number of rotatable bonds is 8. The maximum Gasteiger partial charge on any atom is 0.345 e. The van der Waals surface area contributed by atoms with Crippen LogP contribution >= 0.6 is 11.6 Å². The highest BCUT2D eigenvalue weighted by atomic mass is 35.5. The van der Waals surface area contributed by atoms with E-state index in [0.29, 0.717) is 22.1 Å². The van der Waals surface area contributed by atoms with Crippen LogP contribution in [0.5, 0.6) is 11.5 Å². The first-order chi connectivity index (χ1) is 17.5. The quantitative estimate of drug-likeness (QED) is 0.137. The van der Waals surface area contributed by atoms with Gasteiger partial charge in [-0.2, -0.15) is 5.10 Å². The van der Waals surface area contributed by atoms with Crippen molar-refractivity contribution in [3.05, 3.63) is 119 Å². The number of carbonyl (C=O) groups is 2. The monoisotopic (exact) mass is 498 g/mol. The van der Waals surface area contributed by atoms with Crippen molar-refractivity contribution in [3.63, 3.8) is 0 Å². The molecule has 1 amide bonds. The third kappa shape index (κ3) is 6.58. The molecular formula is C29H23ClN2O4. The van der Waals surface area contributed by atoms with Crippen LogP contribution in [-0.2, 0) is 4.79 Å². The summed E-state index contributed by atoms with van der Waals surface area (Å²) >= 11 is 6.03. The molecule has 0 aliphatic rings. The van der Waals surface area contributed by atoms with E-state index in [1.165, 1.54) is 6.21 Å². The lowest BCUT2D eigenvalue weighted by Gasteiger charge is -2.13. The van der Waals surface area contributed by atoms with Crippen LogP contribution in [0.4, 0.5) is 0 Å². The van der Waals surface area contributed by atoms with E-state index in [9.17, 15) is 9.59 Å². The molecule has 4 aromatic carbocycles. The Morgan fingerprint density at radius 1 is 0.806 bits per heavy atom.